The maximum atomic E-state index is 14.2. The molecule has 3 aromatic rings. The average molecular weight is 709 g/mol. The highest BCUT2D eigenvalue weighted by atomic mass is 79.9. The van der Waals surface area contributed by atoms with Crippen molar-refractivity contribution in [3.8, 4) is 0 Å². The monoisotopic (exact) mass is 707 g/mol. The molecule has 248 valence electrons. The first kappa shape index (κ1) is 34.6. The van der Waals surface area contributed by atoms with Gasteiger partial charge in [0.1, 0.15) is 24.9 Å². The Morgan fingerprint density at radius 3 is 2.28 bits per heavy atom. The topological polar surface area (TPSA) is 132 Å². The molecule has 11 heteroatoms. The van der Waals surface area contributed by atoms with Crippen LogP contribution in [0.3, 0.4) is 0 Å². The second-order valence-corrected chi connectivity index (χ2v) is 12.4. The van der Waals surface area contributed by atoms with Crippen molar-refractivity contribution >= 4 is 33.7 Å². The predicted molar refractivity (Wildman–Crippen MR) is 175 cm³/mol. The molecular weight excluding hydrogens is 670 g/mol. The van der Waals surface area contributed by atoms with Crippen LogP contribution in [0.25, 0.3) is 0 Å². The third-order valence-electron chi connectivity index (χ3n) is 8.16. The molecule has 0 bridgehead atoms. The predicted octanol–water partition coefficient (Wildman–Crippen LogP) is 4.88. The standard InChI is InChI=1S/C36H38BrNO9/c37-32-20-31(40)33(47-36(32,43)17-10-18-44-23-28(21-39)45-22-26-13-6-2-7-14-26)29(19-25-11-4-1-5-12-25)34(41)38-30(24-46-35(38)42)27-15-8-3-9-16-27/h1-9,11-16,20,28-30,33,39,43H,10,17-19,21-24H2/t28-,29-,30+,33-,36+/m1/s1. The van der Waals surface area contributed by atoms with Gasteiger partial charge in [-0.05, 0) is 51.5 Å². The summed E-state index contributed by atoms with van der Waals surface area (Å²) < 4.78 is 23.0. The maximum absolute atomic E-state index is 14.2. The smallest absolute Gasteiger partial charge is 0.417 e. The van der Waals surface area contributed by atoms with Crippen LogP contribution in [0.2, 0.25) is 0 Å². The molecule has 0 aliphatic carbocycles. The summed E-state index contributed by atoms with van der Waals surface area (Å²) in [4.78, 5) is 41.7. The van der Waals surface area contributed by atoms with Crippen LogP contribution < -0.4 is 0 Å². The Bertz CT molecular complexity index is 1520. The Labute approximate surface area is 282 Å². The molecule has 1 fully saturated rings. The average Bonchev–Trinajstić information content (AvgIpc) is 3.49. The first-order chi connectivity index (χ1) is 22.8. The Balaban J connectivity index is 1.26. The number of halogens is 1. The van der Waals surface area contributed by atoms with Crippen LogP contribution in [0, 0.1) is 5.92 Å². The lowest BCUT2D eigenvalue weighted by Crippen LogP contribution is -2.52. The van der Waals surface area contributed by atoms with Gasteiger partial charge in [0.25, 0.3) is 0 Å². The number of aliphatic hydroxyl groups excluding tert-OH is 1. The van der Waals surface area contributed by atoms with Gasteiger partial charge in [-0.2, -0.15) is 0 Å². The van der Waals surface area contributed by atoms with Crippen molar-refractivity contribution in [1.82, 2.24) is 4.90 Å². The first-order valence-electron chi connectivity index (χ1n) is 15.5. The van der Waals surface area contributed by atoms with Gasteiger partial charge in [-0.25, -0.2) is 9.69 Å². The van der Waals surface area contributed by atoms with Crippen LogP contribution in [0.5, 0.6) is 0 Å². The Morgan fingerprint density at radius 2 is 1.62 bits per heavy atom. The first-order valence-corrected chi connectivity index (χ1v) is 16.3. The molecule has 2 amide bonds. The van der Waals surface area contributed by atoms with E-state index in [4.69, 9.17) is 18.9 Å². The third kappa shape index (κ3) is 8.81. The zero-order valence-corrected chi connectivity index (χ0v) is 27.4. The number of hydrogen-bond acceptors (Lipinski definition) is 9. The second kappa shape index (κ2) is 16.4. The zero-order chi connectivity index (χ0) is 33.2. The molecule has 0 aromatic heterocycles. The summed E-state index contributed by atoms with van der Waals surface area (Å²) in [5.74, 6) is -4.22. The van der Waals surface area contributed by atoms with Crippen LogP contribution in [0.1, 0.15) is 35.6 Å². The molecule has 3 aromatic carbocycles. The number of benzene rings is 3. The van der Waals surface area contributed by atoms with E-state index in [-0.39, 0.29) is 43.8 Å². The van der Waals surface area contributed by atoms with Gasteiger partial charge >= 0.3 is 6.09 Å². The summed E-state index contributed by atoms with van der Waals surface area (Å²) in [5, 5.41) is 21.3. The normalized spacial score (nSPS) is 22.4. The van der Waals surface area contributed by atoms with E-state index in [9.17, 15) is 24.6 Å². The van der Waals surface area contributed by atoms with Crippen molar-refractivity contribution in [3.63, 3.8) is 0 Å². The minimum absolute atomic E-state index is 0.0179. The second-order valence-electron chi connectivity index (χ2n) is 11.5. The molecule has 5 rings (SSSR count). The van der Waals surface area contributed by atoms with Crippen LogP contribution in [0.4, 0.5) is 4.79 Å². The Hall–Kier alpha value is -3.71. The number of nitrogens with zero attached hydrogens (tertiary/aromatic N) is 1. The molecule has 0 radical (unpaired) electrons. The molecule has 0 unspecified atom stereocenters. The fourth-order valence-electron chi connectivity index (χ4n) is 5.63. The number of amides is 2. The number of ketones is 1. The van der Waals surface area contributed by atoms with Crippen LogP contribution in [-0.4, -0.2) is 77.3 Å². The summed E-state index contributed by atoms with van der Waals surface area (Å²) in [6.07, 6.45) is -1.04. The summed E-state index contributed by atoms with van der Waals surface area (Å²) in [6, 6.07) is 27.1. The van der Waals surface area contributed by atoms with Gasteiger partial charge in [-0.15, -0.1) is 0 Å². The molecule has 5 atom stereocenters. The van der Waals surface area contributed by atoms with Crippen molar-refractivity contribution in [2.45, 2.75) is 49.9 Å². The molecule has 1 saturated heterocycles. The van der Waals surface area contributed by atoms with Gasteiger partial charge < -0.3 is 29.2 Å². The number of carbonyl (C=O) groups excluding carboxylic acids is 3. The molecule has 47 heavy (non-hydrogen) atoms. The van der Waals surface area contributed by atoms with Gasteiger partial charge in [0.15, 0.2) is 11.6 Å². The number of ether oxygens (including phenoxy) is 4. The van der Waals surface area contributed by atoms with Gasteiger partial charge in [0.05, 0.1) is 30.2 Å². The van der Waals surface area contributed by atoms with Gasteiger partial charge in [-0.3, -0.25) is 9.59 Å². The summed E-state index contributed by atoms with van der Waals surface area (Å²) in [7, 11) is 0. The summed E-state index contributed by atoms with van der Waals surface area (Å²) in [6.45, 7) is 0.449. The molecular formula is C36H38BrNO9. The van der Waals surface area contributed by atoms with E-state index in [1.165, 1.54) is 6.08 Å². The van der Waals surface area contributed by atoms with Crippen LogP contribution in [-0.2, 0) is 41.6 Å². The number of imide groups is 1. The lowest BCUT2D eigenvalue weighted by Gasteiger charge is -2.38. The molecule has 2 aliphatic heterocycles. The molecule has 2 aliphatic rings. The van der Waals surface area contributed by atoms with Crippen molar-refractivity contribution in [1.29, 1.82) is 0 Å². The third-order valence-corrected chi connectivity index (χ3v) is 9.01. The van der Waals surface area contributed by atoms with E-state index in [0.717, 1.165) is 16.0 Å². The summed E-state index contributed by atoms with van der Waals surface area (Å²) >= 11 is 3.30. The molecule has 10 nitrogen and oxygen atoms in total. The molecule has 0 spiro atoms. The summed E-state index contributed by atoms with van der Waals surface area (Å²) in [5.41, 5.74) is 2.45. The quantitative estimate of drug-likeness (QED) is 0.212. The van der Waals surface area contributed by atoms with Crippen LogP contribution in [0.15, 0.2) is 102 Å². The Kier molecular flexibility index (Phi) is 12.1. The fraction of sp³-hybridized carbons (Fsp3) is 0.361. The number of carbonyl (C=O) groups is 3. The fourth-order valence-corrected chi connectivity index (χ4v) is 6.15. The van der Waals surface area contributed by atoms with E-state index >= 15 is 0 Å². The van der Waals surface area contributed by atoms with E-state index in [1.807, 2.05) is 78.9 Å². The highest BCUT2D eigenvalue weighted by molar-refractivity contribution is 9.11. The SMILES string of the molecule is O=C1C=C(Br)[C@](O)(CCCOC[C@@H](CO)OCc2ccccc2)O[C@@H]1[C@@H](Cc1ccccc1)C(=O)N1C(=O)OC[C@H]1c1ccccc1. The minimum atomic E-state index is -1.93. The van der Waals surface area contributed by atoms with E-state index in [2.05, 4.69) is 15.9 Å². The number of cyclic esters (lactones) is 1. The molecule has 0 saturated carbocycles. The van der Waals surface area contributed by atoms with E-state index in [0.29, 0.717) is 18.6 Å². The lowest BCUT2D eigenvalue weighted by molar-refractivity contribution is -0.219. The van der Waals surface area contributed by atoms with Gasteiger partial charge in [-0.1, -0.05) is 91.0 Å². The van der Waals surface area contributed by atoms with E-state index in [1.54, 1.807) is 12.1 Å². The number of aliphatic hydroxyl groups is 2. The zero-order valence-electron chi connectivity index (χ0n) is 25.8. The van der Waals surface area contributed by atoms with Gasteiger partial charge in [0, 0.05) is 13.0 Å². The van der Waals surface area contributed by atoms with Crippen molar-refractivity contribution in [2.24, 2.45) is 5.92 Å². The molecule has 2 N–H and O–H groups in total. The maximum Gasteiger partial charge on any atom is 0.417 e. The minimum Gasteiger partial charge on any atom is -0.446 e. The largest absolute Gasteiger partial charge is 0.446 e. The highest BCUT2D eigenvalue weighted by Crippen LogP contribution is 2.39. The highest BCUT2D eigenvalue weighted by Gasteiger charge is 2.50. The van der Waals surface area contributed by atoms with Crippen molar-refractivity contribution < 1.29 is 43.5 Å². The Morgan fingerprint density at radius 1 is 0.979 bits per heavy atom. The van der Waals surface area contributed by atoms with Crippen molar-refractivity contribution in [2.75, 3.05) is 26.4 Å². The van der Waals surface area contributed by atoms with Crippen molar-refractivity contribution in [3.05, 3.63) is 118 Å². The van der Waals surface area contributed by atoms with Crippen LogP contribution >= 0.6 is 15.9 Å². The number of rotatable bonds is 15. The van der Waals surface area contributed by atoms with E-state index < -0.39 is 47.7 Å². The lowest BCUT2D eigenvalue weighted by atomic mass is 9.87. The number of hydrogen-bond donors (Lipinski definition) is 2. The van der Waals surface area contributed by atoms with Gasteiger partial charge in [0.2, 0.25) is 5.91 Å². The molecule has 2 heterocycles.